The van der Waals surface area contributed by atoms with Crippen LogP contribution in [0, 0.1) is 0 Å². The SMILES string of the molecule is COc1cc(C(O)Cc2ccc(Cl)s2)ncn1. The molecular weight excluding hydrogens is 260 g/mol. The second kappa shape index (κ2) is 5.44. The predicted molar refractivity (Wildman–Crippen MR) is 66.6 cm³/mol. The number of ether oxygens (including phenoxy) is 1. The van der Waals surface area contributed by atoms with Crippen LogP contribution in [0.4, 0.5) is 0 Å². The highest BCUT2D eigenvalue weighted by atomic mass is 35.5. The van der Waals surface area contributed by atoms with Crippen molar-refractivity contribution in [1.82, 2.24) is 9.97 Å². The third kappa shape index (κ3) is 3.15. The molecule has 2 rings (SSSR count). The highest BCUT2D eigenvalue weighted by Crippen LogP contribution is 2.26. The van der Waals surface area contributed by atoms with E-state index in [0.717, 1.165) is 4.88 Å². The van der Waals surface area contributed by atoms with Gasteiger partial charge in [0.1, 0.15) is 12.4 Å². The van der Waals surface area contributed by atoms with Gasteiger partial charge in [0.2, 0.25) is 5.88 Å². The predicted octanol–water partition coefficient (Wildman–Crippen LogP) is 2.48. The van der Waals surface area contributed by atoms with Crippen LogP contribution in [0.5, 0.6) is 5.88 Å². The molecule has 0 amide bonds. The first-order chi connectivity index (χ1) is 8.19. The van der Waals surface area contributed by atoms with Gasteiger partial charge in [0.05, 0.1) is 17.1 Å². The second-order valence-corrected chi connectivity index (χ2v) is 5.21. The van der Waals surface area contributed by atoms with Crippen LogP contribution in [0.25, 0.3) is 0 Å². The summed E-state index contributed by atoms with van der Waals surface area (Å²) in [5, 5.41) is 10.0. The van der Waals surface area contributed by atoms with Crippen molar-refractivity contribution in [2.45, 2.75) is 12.5 Å². The van der Waals surface area contributed by atoms with Gasteiger partial charge in [-0.25, -0.2) is 9.97 Å². The molecule has 0 fully saturated rings. The van der Waals surface area contributed by atoms with Gasteiger partial charge >= 0.3 is 0 Å². The first-order valence-electron chi connectivity index (χ1n) is 4.97. The summed E-state index contributed by atoms with van der Waals surface area (Å²) >= 11 is 7.28. The molecule has 2 aromatic rings. The Kier molecular flexibility index (Phi) is 3.93. The summed E-state index contributed by atoms with van der Waals surface area (Å²) in [4.78, 5) is 8.92. The fourth-order valence-electron chi connectivity index (χ4n) is 1.40. The molecule has 2 heterocycles. The minimum Gasteiger partial charge on any atom is -0.481 e. The van der Waals surface area contributed by atoms with E-state index < -0.39 is 6.10 Å². The van der Waals surface area contributed by atoms with Crippen LogP contribution < -0.4 is 4.74 Å². The zero-order chi connectivity index (χ0) is 12.3. The number of aliphatic hydroxyl groups is 1. The van der Waals surface area contributed by atoms with Crippen molar-refractivity contribution < 1.29 is 9.84 Å². The highest BCUT2D eigenvalue weighted by Gasteiger charge is 2.12. The number of nitrogens with zero attached hydrogens (tertiary/aromatic N) is 2. The van der Waals surface area contributed by atoms with Crippen LogP contribution in [0.3, 0.4) is 0 Å². The first kappa shape index (κ1) is 12.3. The zero-order valence-electron chi connectivity index (χ0n) is 9.13. The van der Waals surface area contributed by atoms with Crippen molar-refractivity contribution in [3.63, 3.8) is 0 Å². The summed E-state index contributed by atoms with van der Waals surface area (Å²) in [7, 11) is 1.53. The van der Waals surface area contributed by atoms with E-state index in [1.165, 1.54) is 24.8 Å². The molecule has 0 aliphatic heterocycles. The number of aromatic nitrogens is 2. The van der Waals surface area contributed by atoms with Gasteiger partial charge in [-0.3, -0.25) is 0 Å². The monoisotopic (exact) mass is 270 g/mol. The molecule has 0 saturated heterocycles. The molecular formula is C11H11ClN2O2S. The van der Waals surface area contributed by atoms with Crippen LogP contribution in [0.2, 0.25) is 4.34 Å². The lowest BCUT2D eigenvalue weighted by Crippen LogP contribution is -2.04. The Labute approximate surface area is 108 Å². The molecule has 0 bridgehead atoms. The van der Waals surface area contributed by atoms with Gasteiger partial charge in [0.15, 0.2) is 0 Å². The van der Waals surface area contributed by atoms with E-state index in [-0.39, 0.29) is 0 Å². The summed E-state index contributed by atoms with van der Waals surface area (Å²) in [6.45, 7) is 0. The molecule has 0 radical (unpaired) electrons. The second-order valence-electron chi connectivity index (χ2n) is 3.41. The average molecular weight is 271 g/mol. The van der Waals surface area contributed by atoms with Gasteiger partial charge in [0.25, 0.3) is 0 Å². The Bertz CT molecular complexity index is 504. The fraction of sp³-hybridized carbons (Fsp3) is 0.273. The van der Waals surface area contributed by atoms with Crippen molar-refractivity contribution in [1.29, 1.82) is 0 Å². The van der Waals surface area contributed by atoms with E-state index in [1.807, 2.05) is 12.1 Å². The smallest absolute Gasteiger partial charge is 0.216 e. The number of halogens is 1. The molecule has 6 heteroatoms. The lowest BCUT2D eigenvalue weighted by Gasteiger charge is -2.09. The van der Waals surface area contributed by atoms with E-state index in [1.54, 1.807) is 6.07 Å². The molecule has 0 aliphatic rings. The number of aliphatic hydroxyl groups excluding tert-OH is 1. The van der Waals surface area contributed by atoms with Crippen LogP contribution in [0.15, 0.2) is 24.5 Å². The third-order valence-corrected chi connectivity index (χ3v) is 3.49. The molecule has 0 aromatic carbocycles. The van der Waals surface area contributed by atoms with Gasteiger partial charge in [-0.2, -0.15) is 0 Å². The van der Waals surface area contributed by atoms with E-state index in [4.69, 9.17) is 16.3 Å². The summed E-state index contributed by atoms with van der Waals surface area (Å²) in [6, 6.07) is 5.34. The van der Waals surface area contributed by atoms with Crippen molar-refractivity contribution in [2.24, 2.45) is 0 Å². The van der Waals surface area contributed by atoms with Crippen molar-refractivity contribution >= 4 is 22.9 Å². The van der Waals surface area contributed by atoms with Crippen LogP contribution in [-0.2, 0) is 6.42 Å². The fourth-order valence-corrected chi connectivity index (χ4v) is 2.53. The lowest BCUT2D eigenvalue weighted by atomic mass is 10.1. The molecule has 4 nitrogen and oxygen atoms in total. The maximum atomic E-state index is 10.0. The Morgan fingerprint density at radius 3 is 2.94 bits per heavy atom. The number of hydrogen-bond donors (Lipinski definition) is 1. The molecule has 1 N–H and O–H groups in total. The van der Waals surface area contributed by atoms with Gasteiger partial charge in [-0.05, 0) is 12.1 Å². The maximum Gasteiger partial charge on any atom is 0.216 e. The molecule has 0 spiro atoms. The minimum atomic E-state index is -0.679. The largest absolute Gasteiger partial charge is 0.481 e. The molecule has 0 aliphatic carbocycles. The van der Waals surface area contributed by atoms with Crippen LogP contribution in [-0.4, -0.2) is 22.2 Å². The van der Waals surface area contributed by atoms with Gasteiger partial charge < -0.3 is 9.84 Å². The molecule has 2 aromatic heterocycles. The third-order valence-electron chi connectivity index (χ3n) is 2.24. The van der Waals surface area contributed by atoms with Crippen LogP contribution in [0.1, 0.15) is 16.7 Å². The van der Waals surface area contributed by atoms with E-state index in [0.29, 0.717) is 22.3 Å². The van der Waals surface area contributed by atoms with Crippen molar-refractivity contribution in [3.8, 4) is 5.88 Å². The van der Waals surface area contributed by atoms with Gasteiger partial charge in [-0.15, -0.1) is 11.3 Å². The summed E-state index contributed by atoms with van der Waals surface area (Å²) < 4.78 is 5.69. The Morgan fingerprint density at radius 2 is 2.29 bits per heavy atom. The molecule has 17 heavy (non-hydrogen) atoms. The number of methoxy groups -OCH3 is 1. The van der Waals surface area contributed by atoms with E-state index in [9.17, 15) is 5.11 Å². The Hall–Kier alpha value is -1.17. The van der Waals surface area contributed by atoms with Gasteiger partial charge in [0, 0.05) is 17.4 Å². The number of rotatable bonds is 4. The van der Waals surface area contributed by atoms with E-state index in [2.05, 4.69) is 9.97 Å². The standard InChI is InChI=1S/C11H11ClN2O2S/c1-16-11-5-8(13-6-14-11)9(15)4-7-2-3-10(12)17-7/h2-3,5-6,9,15H,4H2,1H3. The lowest BCUT2D eigenvalue weighted by molar-refractivity contribution is 0.173. The zero-order valence-corrected chi connectivity index (χ0v) is 10.7. The minimum absolute atomic E-state index is 0.443. The van der Waals surface area contributed by atoms with Crippen LogP contribution >= 0.6 is 22.9 Å². The number of thiophene rings is 1. The molecule has 1 atom stereocenters. The Balaban J connectivity index is 2.11. The normalized spacial score (nSPS) is 12.4. The molecule has 0 saturated carbocycles. The van der Waals surface area contributed by atoms with Gasteiger partial charge in [-0.1, -0.05) is 11.6 Å². The summed E-state index contributed by atoms with van der Waals surface area (Å²) in [6.07, 6.45) is 1.18. The molecule has 1 unspecified atom stereocenters. The molecule has 90 valence electrons. The van der Waals surface area contributed by atoms with Crippen molar-refractivity contribution in [3.05, 3.63) is 39.4 Å². The average Bonchev–Trinajstić information content (AvgIpc) is 2.75. The highest BCUT2D eigenvalue weighted by molar-refractivity contribution is 7.16. The van der Waals surface area contributed by atoms with E-state index >= 15 is 0 Å². The topological polar surface area (TPSA) is 55.2 Å². The number of hydrogen-bond acceptors (Lipinski definition) is 5. The maximum absolute atomic E-state index is 10.0. The quantitative estimate of drug-likeness (QED) is 0.927. The van der Waals surface area contributed by atoms with Crippen molar-refractivity contribution in [2.75, 3.05) is 7.11 Å². The summed E-state index contributed by atoms with van der Waals surface area (Å²) in [5.41, 5.74) is 0.543. The Morgan fingerprint density at radius 1 is 1.47 bits per heavy atom. The first-order valence-corrected chi connectivity index (χ1v) is 6.16. The summed E-state index contributed by atoms with van der Waals surface area (Å²) in [5.74, 6) is 0.443.